The standard InChI is InChI=1S/C30H24ClNO2/c1-17-3-7-19(8-4-17)25(20-9-5-18(2)6-10-20)26-23-15-16-24(26)28-27(23)29(33)32(30(28)34)22-13-11-21(31)12-14-22/h3-16,23-24,27-28H,1-2H3/t23-,24-,27-,28+/m1/s1. The second-order valence-corrected chi connectivity index (χ2v) is 9.98. The van der Waals surface area contributed by atoms with Gasteiger partial charge in [0.05, 0.1) is 17.5 Å². The summed E-state index contributed by atoms with van der Waals surface area (Å²) >= 11 is 6.03. The number of carbonyl (C=O) groups is 2. The zero-order valence-corrected chi connectivity index (χ0v) is 19.8. The molecule has 3 aromatic rings. The van der Waals surface area contributed by atoms with E-state index in [0.29, 0.717) is 10.7 Å². The highest BCUT2D eigenvalue weighted by Crippen LogP contribution is 2.58. The number of imide groups is 1. The lowest BCUT2D eigenvalue weighted by atomic mass is 9.85. The monoisotopic (exact) mass is 465 g/mol. The fraction of sp³-hybridized carbons (Fsp3) is 0.200. The minimum absolute atomic E-state index is 0.0821. The van der Waals surface area contributed by atoms with Crippen LogP contribution in [0.1, 0.15) is 22.3 Å². The number of amides is 2. The average Bonchev–Trinajstić information content (AvgIpc) is 3.47. The molecule has 0 radical (unpaired) electrons. The van der Waals surface area contributed by atoms with E-state index in [1.54, 1.807) is 24.3 Å². The van der Waals surface area contributed by atoms with Gasteiger partial charge in [-0.2, -0.15) is 0 Å². The molecule has 34 heavy (non-hydrogen) atoms. The van der Waals surface area contributed by atoms with E-state index >= 15 is 0 Å². The van der Waals surface area contributed by atoms with E-state index in [2.05, 4.69) is 74.5 Å². The highest BCUT2D eigenvalue weighted by molar-refractivity contribution is 6.31. The third kappa shape index (κ3) is 3.11. The molecule has 3 nitrogen and oxygen atoms in total. The van der Waals surface area contributed by atoms with Gasteiger partial charge in [-0.3, -0.25) is 9.59 Å². The SMILES string of the molecule is Cc1ccc(C(=C2[C@H]3C=C[C@H]2[C@H]2C(=O)N(c4ccc(Cl)cc4)C(=O)[C@H]23)c2ccc(C)cc2)cc1. The molecule has 3 aromatic carbocycles. The number of carbonyl (C=O) groups excluding carboxylic acids is 2. The van der Waals surface area contributed by atoms with Crippen LogP contribution in [-0.2, 0) is 9.59 Å². The maximum Gasteiger partial charge on any atom is 0.238 e. The van der Waals surface area contributed by atoms with Crippen molar-refractivity contribution in [3.63, 3.8) is 0 Å². The number of rotatable bonds is 3. The van der Waals surface area contributed by atoms with Gasteiger partial charge in [0.25, 0.3) is 0 Å². The lowest BCUT2D eigenvalue weighted by Gasteiger charge is -2.22. The average molecular weight is 466 g/mol. The summed E-state index contributed by atoms with van der Waals surface area (Å²) in [5.41, 5.74) is 7.58. The molecule has 4 atom stereocenters. The van der Waals surface area contributed by atoms with Crippen LogP contribution < -0.4 is 4.90 Å². The summed E-state index contributed by atoms with van der Waals surface area (Å²) in [4.78, 5) is 28.6. The third-order valence-electron chi connectivity index (χ3n) is 7.47. The summed E-state index contributed by atoms with van der Waals surface area (Å²) in [7, 11) is 0. The van der Waals surface area contributed by atoms with Gasteiger partial charge in [0.1, 0.15) is 0 Å². The van der Waals surface area contributed by atoms with E-state index in [-0.39, 0.29) is 35.5 Å². The van der Waals surface area contributed by atoms with Gasteiger partial charge in [0, 0.05) is 16.9 Å². The molecule has 0 spiro atoms. The Morgan fingerprint density at radius 2 is 1.12 bits per heavy atom. The highest BCUT2D eigenvalue weighted by Gasteiger charge is 2.62. The van der Waals surface area contributed by atoms with Crippen molar-refractivity contribution in [2.45, 2.75) is 13.8 Å². The Bertz CT molecular complexity index is 1290. The number of allylic oxidation sites excluding steroid dienone is 3. The first-order chi connectivity index (χ1) is 16.4. The molecule has 1 saturated carbocycles. The molecule has 3 aliphatic rings. The molecule has 0 N–H and O–H groups in total. The largest absolute Gasteiger partial charge is 0.274 e. The summed E-state index contributed by atoms with van der Waals surface area (Å²) < 4.78 is 0. The van der Waals surface area contributed by atoms with E-state index in [1.165, 1.54) is 21.6 Å². The lowest BCUT2D eigenvalue weighted by molar-refractivity contribution is -0.122. The normalized spacial score (nSPS) is 24.8. The Morgan fingerprint density at radius 3 is 1.56 bits per heavy atom. The van der Waals surface area contributed by atoms with Crippen LogP contribution in [0.5, 0.6) is 0 Å². The number of hydrogen-bond donors (Lipinski definition) is 0. The van der Waals surface area contributed by atoms with Crippen molar-refractivity contribution in [3.8, 4) is 0 Å². The van der Waals surface area contributed by atoms with Crippen molar-refractivity contribution < 1.29 is 9.59 Å². The van der Waals surface area contributed by atoms with Gasteiger partial charge in [-0.25, -0.2) is 4.90 Å². The molecule has 2 aliphatic carbocycles. The fourth-order valence-corrected chi connectivity index (χ4v) is 6.01. The van der Waals surface area contributed by atoms with E-state index in [4.69, 9.17) is 11.6 Å². The first-order valence-corrected chi connectivity index (χ1v) is 12.0. The molecule has 0 unspecified atom stereocenters. The second-order valence-electron chi connectivity index (χ2n) is 9.54. The molecule has 1 aliphatic heterocycles. The smallest absolute Gasteiger partial charge is 0.238 e. The molecular weight excluding hydrogens is 442 g/mol. The van der Waals surface area contributed by atoms with Gasteiger partial charge < -0.3 is 0 Å². The van der Waals surface area contributed by atoms with Crippen molar-refractivity contribution in [2.24, 2.45) is 23.7 Å². The minimum atomic E-state index is -0.362. The molecule has 2 amide bonds. The van der Waals surface area contributed by atoms with Crippen LogP contribution in [0, 0.1) is 37.5 Å². The number of halogens is 1. The highest BCUT2D eigenvalue weighted by atomic mass is 35.5. The number of fused-ring (bicyclic) bond motifs is 5. The molecular formula is C30H24ClNO2. The number of benzene rings is 3. The van der Waals surface area contributed by atoms with Crippen LogP contribution >= 0.6 is 11.6 Å². The molecule has 1 heterocycles. The van der Waals surface area contributed by atoms with Crippen molar-refractivity contribution in [3.05, 3.63) is 118 Å². The minimum Gasteiger partial charge on any atom is -0.274 e. The molecule has 6 rings (SSSR count). The first-order valence-electron chi connectivity index (χ1n) is 11.6. The van der Waals surface area contributed by atoms with E-state index in [0.717, 1.165) is 16.7 Å². The molecule has 0 aromatic heterocycles. The summed E-state index contributed by atoms with van der Waals surface area (Å²) in [6.07, 6.45) is 4.28. The summed E-state index contributed by atoms with van der Waals surface area (Å²) in [5.74, 6) is -1.11. The van der Waals surface area contributed by atoms with Crippen molar-refractivity contribution in [1.82, 2.24) is 0 Å². The van der Waals surface area contributed by atoms with Gasteiger partial charge >= 0.3 is 0 Å². The van der Waals surface area contributed by atoms with Gasteiger partial charge in [0.2, 0.25) is 11.8 Å². The van der Waals surface area contributed by atoms with Gasteiger partial charge in [-0.1, -0.05) is 83.4 Å². The molecule has 2 fully saturated rings. The quantitative estimate of drug-likeness (QED) is 0.332. The molecule has 2 bridgehead atoms. The Morgan fingerprint density at radius 1 is 0.676 bits per heavy atom. The topological polar surface area (TPSA) is 37.4 Å². The molecule has 4 heteroatoms. The Balaban J connectivity index is 1.48. The maximum atomic E-state index is 13.6. The van der Waals surface area contributed by atoms with Crippen LogP contribution in [0.2, 0.25) is 5.02 Å². The predicted molar refractivity (Wildman–Crippen MR) is 135 cm³/mol. The van der Waals surface area contributed by atoms with Crippen molar-refractivity contribution >= 4 is 34.7 Å². The predicted octanol–water partition coefficient (Wildman–Crippen LogP) is 6.38. The maximum absolute atomic E-state index is 13.6. The van der Waals surface area contributed by atoms with Crippen LogP contribution in [0.4, 0.5) is 5.69 Å². The number of anilines is 1. The summed E-state index contributed by atoms with van der Waals surface area (Å²) in [6, 6.07) is 24.0. The summed E-state index contributed by atoms with van der Waals surface area (Å²) in [6.45, 7) is 4.16. The van der Waals surface area contributed by atoms with E-state index < -0.39 is 0 Å². The second kappa shape index (κ2) is 7.82. The molecule has 1 saturated heterocycles. The van der Waals surface area contributed by atoms with Crippen molar-refractivity contribution in [1.29, 1.82) is 0 Å². The van der Waals surface area contributed by atoms with Gasteiger partial charge in [-0.15, -0.1) is 0 Å². The van der Waals surface area contributed by atoms with Crippen LogP contribution in [-0.4, -0.2) is 11.8 Å². The molecule has 168 valence electrons. The third-order valence-corrected chi connectivity index (χ3v) is 7.72. The lowest BCUT2D eigenvalue weighted by Crippen LogP contribution is -2.33. The van der Waals surface area contributed by atoms with Gasteiger partial charge in [0.15, 0.2) is 0 Å². The zero-order chi connectivity index (χ0) is 23.6. The summed E-state index contributed by atoms with van der Waals surface area (Å²) in [5, 5.41) is 0.579. The van der Waals surface area contributed by atoms with Crippen LogP contribution in [0.25, 0.3) is 5.57 Å². The van der Waals surface area contributed by atoms with Gasteiger partial charge in [-0.05, 0) is 60.4 Å². The fourth-order valence-electron chi connectivity index (χ4n) is 5.88. The van der Waals surface area contributed by atoms with Crippen molar-refractivity contribution in [2.75, 3.05) is 4.90 Å². The van der Waals surface area contributed by atoms with E-state index in [9.17, 15) is 9.59 Å². The Hall–Kier alpha value is -3.43. The van der Waals surface area contributed by atoms with Crippen LogP contribution in [0.15, 0.2) is 90.5 Å². The van der Waals surface area contributed by atoms with E-state index in [1.807, 2.05) is 0 Å². The first kappa shape index (κ1) is 21.1. The number of hydrogen-bond acceptors (Lipinski definition) is 2. The Labute approximate surface area is 204 Å². The Kier molecular flexibility index (Phi) is 4.86. The number of nitrogens with zero attached hydrogens (tertiary/aromatic N) is 1. The number of aryl methyl sites for hydroxylation is 2. The van der Waals surface area contributed by atoms with Crippen LogP contribution in [0.3, 0.4) is 0 Å². The zero-order valence-electron chi connectivity index (χ0n) is 19.0.